The molecular formula is C18H15N5O4S. The van der Waals surface area contributed by atoms with Gasteiger partial charge in [0.05, 0.1) is 22.6 Å². The highest BCUT2D eigenvalue weighted by Gasteiger charge is 2.37. The van der Waals surface area contributed by atoms with E-state index in [9.17, 15) is 18.0 Å². The molecule has 142 valence electrons. The molecule has 0 unspecified atom stereocenters. The lowest BCUT2D eigenvalue weighted by Crippen LogP contribution is -2.29. The number of aryl methyl sites for hydroxylation is 2. The van der Waals surface area contributed by atoms with Crippen molar-refractivity contribution >= 4 is 33.2 Å². The first-order valence-corrected chi connectivity index (χ1v) is 9.76. The molecule has 0 radical (unpaired) electrons. The zero-order valence-electron chi connectivity index (χ0n) is 14.9. The van der Waals surface area contributed by atoms with Gasteiger partial charge in [0.2, 0.25) is 0 Å². The van der Waals surface area contributed by atoms with Crippen LogP contribution < -0.4 is 9.62 Å². The quantitative estimate of drug-likeness (QED) is 0.649. The highest BCUT2D eigenvalue weighted by molar-refractivity contribution is 7.92. The third-order valence-electron chi connectivity index (χ3n) is 4.35. The monoisotopic (exact) mass is 397 g/mol. The standard InChI is InChI=1S/C18H15N5O4S/c1-10-16(11(2)21-20-10)28(26,27)22-12-5-7-13(8-6-12)23-17(24)14-4-3-9-19-15(14)18(23)25/h3-9,22H,1-2H3,(H,20,21). The number of hydrogen-bond donors (Lipinski definition) is 2. The summed E-state index contributed by atoms with van der Waals surface area (Å²) in [6.07, 6.45) is 1.45. The number of H-pyrrole nitrogens is 1. The van der Waals surface area contributed by atoms with E-state index in [1.165, 1.54) is 30.5 Å². The van der Waals surface area contributed by atoms with Crippen LogP contribution in [0, 0.1) is 13.8 Å². The number of aromatic amines is 1. The van der Waals surface area contributed by atoms with Gasteiger partial charge in [-0.2, -0.15) is 5.10 Å². The SMILES string of the molecule is Cc1n[nH]c(C)c1S(=O)(=O)Nc1ccc(N2C(=O)c3cccnc3C2=O)cc1. The Balaban J connectivity index is 1.61. The van der Waals surface area contributed by atoms with E-state index >= 15 is 0 Å². The molecule has 0 atom stereocenters. The highest BCUT2D eigenvalue weighted by Crippen LogP contribution is 2.28. The molecule has 3 aromatic rings. The van der Waals surface area contributed by atoms with E-state index in [-0.39, 0.29) is 16.2 Å². The molecule has 2 amide bonds. The van der Waals surface area contributed by atoms with Gasteiger partial charge in [-0.15, -0.1) is 0 Å². The molecule has 4 rings (SSSR count). The van der Waals surface area contributed by atoms with Gasteiger partial charge in [-0.3, -0.25) is 24.4 Å². The number of hydrogen-bond acceptors (Lipinski definition) is 6. The minimum absolute atomic E-state index is 0.0861. The topological polar surface area (TPSA) is 125 Å². The van der Waals surface area contributed by atoms with Crippen LogP contribution in [-0.2, 0) is 10.0 Å². The summed E-state index contributed by atoms with van der Waals surface area (Å²) in [5, 5.41) is 6.53. The zero-order valence-corrected chi connectivity index (χ0v) is 15.7. The molecule has 0 bridgehead atoms. The van der Waals surface area contributed by atoms with Crippen molar-refractivity contribution in [2.24, 2.45) is 0 Å². The van der Waals surface area contributed by atoms with Crippen molar-refractivity contribution in [2.45, 2.75) is 18.7 Å². The number of benzene rings is 1. The summed E-state index contributed by atoms with van der Waals surface area (Å²) in [5.74, 6) is -0.982. The Hall–Kier alpha value is -3.53. The van der Waals surface area contributed by atoms with Gasteiger partial charge < -0.3 is 0 Å². The van der Waals surface area contributed by atoms with Crippen LogP contribution in [0.3, 0.4) is 0 Å². The number of carbonyl (C=O) groups is 2. The third-order valence-corrected chi connectivity index (χ3v) is 6.00. The van der Waals surface area contributed by atoms with Gasteiger partial charge in [0.15, 0.2) is 0 Å². The van der Waals surface area contributed by atoms with Crippen molar-refractivity contribution < 1.29 is 18.0 Å². The van der Waals surface area contributed by atoms with Gasteiger partial charge in [-0.05, 0) is 50.2 Å². The van der Waals surface area contributed by atoms with Gasteiger partial charge in [-0.25, -0.2) is 13.3 Å². The van der Waals surface area contributed by atoms with E-state index < -0.39 is 21.8 Å². The van der Waals surface area contributed by atoms with Crippen molar-refractivity contribution in [1.29, 1.82) is 0 Å². The third kappa shape index (κ3) is 2.74. The largest absolute Gasteiger partial charge is 0.284 e. The molecule has 28 heavy (non-hydrogen) atoms. The first-order valence-electron chi connectivity index (χ1n) is 8.28. The molecule has 2 N–H and O–H groups in total. The number of imide groups is 1. The van der Waals surface area contributed by atoms with E-state index in [4.69, 9.17) is 0 Å². The van der Waals surface area contributed by atoms with Crippen molar-refractivity contribution in [3.63, 3.8) is 0 Å². The van der Waals surface area contributed by atoms with E-state index in [1.54, 1.807) is 26.0 Å². The normalized spacial score (nSPS) is 13.7. The number of amides is 2. The maximum Gasteiger partial charge on any atom is 0.284 e. The fourth-order valence-electron chi connectivity index (χ4n) is 3.12. The lowest BCUT2D eigenvalue weighted by Gasteiger charge is -2.14. The molecule has 1 aliphatic rings. The first kappa shape index (κ1) is 17.9. The molecule has 2 aromatic heterocycles. The lowest BCUT2D eigenvalue weighted by atomic mass is 10.2. The number of nitrogens with one attached hydrogen (secondary N) is 2. The second-order valence-electron chi connectivity index (χ2n) is 6.26. The van der Waals surface area contributed by atoms with Crippen LogP contribution >= 0.6 is 0 Å². The molecule has 0 spiro atoms. The van der Waals surface area contributed by atoms with E-state index in [0.29, 0.717) is 22.8 Å². The maximum atomic E-state index is 12.6. The minimum atomic E-state index is -3.83. The van der Waals surface area contributed by atoms with Crippen molar-refractivity contribution in [3.8, 4) is 0 Å². The number of carbonyl (C=O) groups excluding carboxylic acids is 2. The van der Waals surface area contributed by atoms with Crippen LogP contribution in [0.1, 0.15) is 32.2 Å². The average molecular weight is 397 g/mol. The summed E-state index contributed by atoms with van der Waals surface area (Å²) in [6.45, 7) is 3.21. The lowest BCUT2D eigenvalue weighted by molar-refractivity contribution is 0.0924. The predicted molar refractivity (Wildman–Crippen MR) is 101 cm³/mol. The Bertz CT molecular complexity index is 1160. The number of rotatable bonds is 4. The Labute approximate surface area is 160 Å². The number of nitrogens with zero attached hydrogens (tertiary/aromatic N) is 3. The Morgan fingerprint density at radius 2 is 1.75 bits per heavy atom. The number of aromatic nitrogens is 3. The molecule has 0 saturated heterocycles. The second kappa shape index (κ2) is 6.27. The van der Waals surface area contributed by atoms with Gasteiger partial charge in [0.1, 0.15) is 10.6 Å². The van der Waals surface area contributed by atoms with Crippen LogP contribution in [0.2, 0.25) is 0 Å². The smallest absolute Gasteiger partial charge is 0.281 e. The molecular weight excluding hydrogens is 382 g/mol. The molecule has 10 heteroatoms. The first-order chi connectivity index (χ1) is 13.3. The van der Waals surface area contributed by atoms with Gasteiger partial charge >= 0.3 is 0 Å². The van der Waals surface area contributed by atoms with Crippen molar-refractivity contribution in [3.05, 3.63) is 65.2 Å². The van der Waals surface area contributed by atoms with Crippen LogP contribution in [0.4, 0.5) is 11.4 Å². The maximum absolute atomic E-state index is 12.6. The number of fused-ring (bicyclic) bond motifs is 1. The molecule has 0 fully saturated rings. The zero-order chi connectivity index (χ0) is 20.1. The van der Waals surface area contributed by atoms with Crippen molar-refractivity contribution in [2.75, 3.05) is 9.62 Å². The summed E-state index contributed by atoms with van der Waals surface area (Å²) in [6, 6.07) is 9.08. The second-order valence-corrected chi connectivity index (χ2v) is 7.88. The summed E-state index contributed by atoms with van der Waals surface area (Å²) in [4.78, 5) is 30.0. The summed E-state index contributed by atoms with van der Waals surface area (Å²) in [5.41, 5.74) is 1.75. The van der Waals surface area contributed by atoms with Gasteiger partial charge in [0.25, 0.3) is 21.8 Å². The summed E-state index contributed by atoms with van der Waals surface area (Å²) in [7, 11) is -3.83. The van der Waals surface area contributed by atoms with Crippen LogP contribution in [0.5, 0.6) is 0 Å². The molecule has 0 aliphatic carbocycles. The molecule has 0 saturated carbocycles. The average Bonchev–Trinajstić information content (AvgIpc) is 3.13. The number of anilines is 2. The van der Waals surface area contributed by atoms with E-state index in [1.807, 2.05) is 0 Å². The van der Waals surface area contributed by atoms with Gasteiger partial charge in [-0.1, -0.05) is 0 Å². The molecule has 3 heterocycles. The molecule has 1 aliphatic heterocycles. The van der Waals surface area contributed by atoms with Crippen molar-refractivity contribution in [1.82, 2.24) is 15.2 Å². The number of pyridine rings is 1. The Kier molecular flexibility index (Phi) is 4.00. The predicted octanol–water partition coefficient (Wildman–Crippen LogP) is 2.02. The fourth-order valence-corrected chi connectivity index (χ4v) is 4.55. The molecule has 9 nitrogen and oxygen atoms in total. The number of sulfonamides is 1. The molecule has 1 aromatic carbocycles. The van der Waals surface area contributed by atoms with E-state index in [2.05, 4.69) is 19.9 Å². The summed E-state index contributed by atoms with van der Waals surface area (Å²) >= 11 is 0. The Morgan fingerprint density at radius 1 is 1.04 bits per heavy atom. The van der Waals surface area contributed by atoms with Crippen LogP contribution in [-0.4, -0.2) is 35.4 Å². The fraction of sp³-hybridized carbons (Fsp3) is 0.111. The minimum Gasteiger partial charge on any atom is -0.281 e. The van der Waals surface area contributed by atoms with Crippen LogP contribution in [0.25, 0.3) is 0 Å². The van der Waals surface area contributed by atoms with E-state index in [0.717, 1.165) is 4.90 Å². The summed E-state index contributed by atoms with van der Waals surface area (Å²) < 4.78 is 27.7. The van der Waals surface area contributed by atoms with Gasteiger partial charge in [0, 0.05) is 11.9 Å². The Morgan fingerprint density at radius 3 is 2.36 bits per heavy atom. The van der Waals surface area contributed by atoms with Crippen LogP contribution in [0.15, 0.2) is 47.5 Å². The highest BCUT2D eigenvalue weighted by atomic mass is 32.2.